The summed E-state index contributed by atoms with van der Waals surface area (Å²) in [4.78, 5) is 0. The first-order valence-corrected chi connectivity index (χ1v) is 20.5. The second-order valence-corrected chi connectivity index (χ2v) is 23.1. The molecule has 3 aliphatic carbocycles. The van der Waals surface area contributed by atoms with E-state index in [1.165, 1.54) is 17.2 Å². The van der Waals surface area contributed by atoms with Crippen molar-refractivity contribution >= 4 is 28.7 Å². The van der Waals surface area contributed by atoms with Crippen LogP contribution in [0.15, 0.2) is 72.7 Å². The standard InChI is InChI=1S/C31H45BO3Si2/c1-22(32-33-27-21-24-20-26(30(24,2)3)31(27,4)35-32)29(37(8,9)25-18-14-11-15-19-25)28(34-36(5,6)7)23-16-12-10-13-17-23/h10-19,24,26-29H,1,20-21H2,2-9H3/t24-,26-,27+,28+,29-,31-/m1/s1. The van der Waals surface area contributed by atoms with Crippen molar-refractivity contribution in [2.24, 2.45) is 17.3 Å². The smallest absolute Gasteiger partial charge is 0.410 e. The van der Waals surface area contributed by atoms with E-state index >= 15 is 0 Å². The van der Waals surface area contributed by atoms with Gasteiger partial charge in [0, 0.05) is 5.54 Å². The molecule has 2 aromatic carbocycles. The van der Waals surface area contributed by atoms with Gasteiger partial charge in [-0.25, -0.2) is 0 Å². The molecule has 1 aliphatic heterocycles. The Bertz CT molecular complexity index is 1130. The minimum Gasteiger partial charge on any atom is -0.410 e. The third kappa shape index (κ3) is 4.67. The molecule has 198 valence electrons. The van der Waals surface area contributed by atoms with E-state index in [1.807, 2.05) is 0 Å². The number of hydrogen-bond acceptors (Lipinski definition) is 3. The average Bonchev–Trinajstić information content (AvgIpc) is 3.21. The van der Waals surface area contributed by atoms with Crippen LogP contribution in [0.25, 0.3) is 0 Å². The lowest BCUT2D eigenvalue weighted by Gasteiger charge is -2.64. The highest BCUT2D eigenvalue weighted by molar-refractivity contribution is 6.92. The maximum absolute atomic E-state index is 7.08. The highest BCUT2D eigenvalue weighted by Crippen LogP contribution is 2.66. The van der Waals surface area contributed by atoms with Crippen molar-refractivity contribution in [1.29, 1.82) is 0 Å². The van der Waals surface area contributed by atoms with Gasteiger partial charge < -0.3 is 13.7 Å². The van der Waals surface area contributed by atoms with E-state index in [2.05, 4.69) is 114 Å². The first kappa shape index (κ1) is 27.1. The van der Waals surface area contributed by atoms with Gasteiger partial charge in [-0.15, -0.1) is 6.58 Å². The van der Waals surface area contributed by atoms with Gasteiger partial charge in [-0.1, -0.05) is 92.8 Å². The number of hydrogen-bond donors (Lipinski definition) is 0. The molecule has 0 radical (unpaired) electrons. The van der Waals surface area contributed by atoms with Gasteiger partial charge >= 0.3 is 7.12 Å². The van der Waals surface area contributed by atoms with E-state index in [-0.39, 0.29) is 23.4 Å². The molecule has 3 nitrogen and oxygen atoms in total. The zero-order valence-corrected chi connectivity index (χ0v) is 26.1. The fourth-order valence-electron chi connectivity index (χ4n) is 7.61. The summed E-state index contributed by atoms with van der Waals surface area (Å²) in [6, 6.07) is 21.8. The van der Waals surface area contributed by atoms with E-state index in [0.717, 1.165) is 17.8 Å². The van der Waals surface area contributed by atoms with Crippen LogP contribution in [-0.2, 0) is 13.7 Å². The van der Waals surface area contributed by atoms with Crippen LogP contribution in [0.3, 0.4) is 0 Å². The number of benzene rings is 2. The van der Waals surface area contributed by atoms with Crippen molar-refractivity contribution < 1.29 is 13.7 Å². The fourth-order valence-corrected chi connectivity index (χ4v) is 12.3. The highest BCUT2D eigenvalue weighted by Gasteiger charge is 2.68. The van der Waals surface area contributed by atoms with Crippen LogP contribution in [0, 0.1) is 17.3 Å². The molecule has 6 atom stereocenters. The minimum atomic E-state index is -2.16. The van der Waals surface area contributed by atoms with E-state index in [1.54, 1.807) is 0 Å². The van der Waals surface area contributed by atoms with Gasteiger partial charge in [0.25, 0.3) is 0 Å². The Hall–Kier alpha value is -1.44. The monoisotopic (exact) mass is 532 g/mol. The first-order valence-electron chi connectivity index (χ1n) is 14.1. The lowest BCUT2D eigenvalue weighted by Crippen LogP contribution is -2.65. The highest BCUT2D eigenvalue weighted by atomic mass is 28.4. The molecular formula is C31H45BO3Si2. The van der Waals surface area contributed by atoms with Crippen LogP contribution >= 0.6 is 0 Å². The second-order valence-electron chi connectivity index (χ2n) is 14.0. The summed E-state index contributed by atoms with van der Waals surface area (Å²) >= 11 is 0. The van der Waals surface area contributed by atoms with Crippen molar-refractivity contribution in [3.05, 3.63) is 78.3 Å². The van der Waals surface area contributed by atoms with Crippen molar-refractivity contribution in [2.75, 3.05) is 0 Å². The molecule has 4 fully saturated rings. The second kappa shape index (κ2) is 9.34. The van der Waals surface area contributed by atoms with Gasteiger partial charge in [-0.3, -0.25) is 0 Å². The summed E-state index contributed by atoms with van der Waals surface area (Å²) in [6.45, 7) is 23.7. The summed E-state index contributed by atoms with van der Waals surface area (Å²) in [5.41, 5.74) is 2.43. The van der Waals surface area contributed by atoms with Crippen LogP contribution in [-0.4, -0.2) is 35.2 Å². The minimum absolute atomic E-state index is 0.0880. The van der Waals surface area contributed by atoms with Gasteiger partial charge in [-0.2, -0.15) is 0 Å². The molecule has 6 rings (SSSR count). The summed E-state index contributed by atoms with van der Waals surface area (Å²) in [5.74, 6) is 1.26. The lowest BCUT2D eigenvalue weighted by molar-refractivity contribution is -0.199. The normalized spacial score (nSPS) is 30.3. The van der Waals surface area contributed by atoms with E-state index in [0.29, 0.717) is 11.3 Å². The molecule has 0 aromatic heterocycles. The summed E-state index contributed by atoms with van der Waals surface area (Å²) in [6.07, 6.45) is 2.39. The van der Waals surface area contributed by atoms with E-state index in [9.17, 15) is 0 Å². The molecule has 0 amide bonds. The third-order valence-electron chi connectivity index (χ3n) is 9.86. The SMILES string of the molecule is C=C(B1O[C@H]2C[C@H]3C[C@H](C3(C)C)[C@@]2(C)O1)[C@H]([C@@H](O[Si](C)(C)C)c1ccccc1)[Si](C)(C)c1ccccc1. The Morgan fingerprint density at radius 2 is 1.54 bits per heavy atom. The molecule has 0 N–H and O–H groups in total. The first-order chi connectivity index (χ1) is 17.2. The van der Waals surface area contributed by atoms with Crippen molar-refractivity contribution in [3.8, 4) is 0 Å². The molecule has 3 saturated carbocycles. The molecule has 1 saturated heterocycles. The predicted molar refractivity (Wildman–Crippen MR) is 160 cm³/mol. The van der Waals surface area contributed by atoms with Crippen molar-refractivity contribution in [3.63, 3.8) is 0 Å². The quantitative estimate of drug-likeness (QED) is 0.332. The zero-order chi connectivity index (χ0) is 26.8. The summed E-state index contributed by atoms with van der Waals surface area (Å²) in [7, 11) is -4.46. The molecular weight excluding hydrogens is 487 g/mol. The van der Waals surface area contributed by atoms with Gasteiger partial charge in [-0.05, 0) is 67.7 Å². The third-order valence-corrected chi connectivity index (χ3v) is 14.9. The van der Waals surface area contributed by atoms with E-state index in [4.69, 9.17) is 20.3 Å². The number of rotatable bonds is 8. The largest absolute Gasteiger partial charge is 0.489 e. The Morgan fingerprint density at radius 1 is 0.946 bits per heavy atom. The molecule has 1 heterocycles. The molecule has 4 aliphatic rings. The van der Waals surface area contributed by atoms with Gasteiger partial charge in [0.1, 0.15) is 0 Å². The van der Waals surface area contributed by atoms with Gasteiger partial charge in [0.15, 0.2) is 8.32 Å². The lowest BCUT2D eigenvalue weighted by atomic mass is 9.43. The molecule has 6 heteroatoms. The van der Waals surface area contributed by atoms with Crippen LogP contribution in [0.5, 0.6) is 0 Å². The molecule has 2 bridgehead atoms. The maximum Gasteiger partial charge on any atom is 0.489 e. The van der Waals surface area contributed by atoms with Crippen LogP contribution < -0.4 is 5.19 Å². The topological polar surface area (TPSA) is 27.7 Å². The molecule has 0 unspecified atom stereocenters. The predicted octanol–water partition coefficient (Wildman–Crippen LogP) is 7.39. The van der Waals surface area contributed by atoms with Gasteiger partial charge in [0.2, 0.25) is 0 Å². The Balaban J connectivity index is 1.56. The maximum atomic E-state index is 7.08. The zero-order valence-electron chi connectivity index (χ0n) is 24.1. The average molecular weight is 533 g/mol. The van der Waals surface area contributed by atoms with Crippen molar-refractivity contribution in [2.45, 2.75) is 89.7 Å². The van der Waals surface area contributed by atoms with Gasteiger partial charge in [0.05, 0.1) is 25.9 Å². The molecule has 37 heavy (non-hydrogen) atoms. The van der Waals surface area contributed by atoms with E-state index < -0.39 is 23.5 Å². The molecule has 0 spiro atoms. The van der Waals surface area contributed by atoms with Crippen molar-refractivity contribution in [1.82, 2.24) is 0 Å². The summed E-state index contributed by atoms with van der Waals surface area (Å²) < 4.78 is 20.9. The van der Waals surface area contributed by atoms with Crippen LogP contribution in [0.1, 0.15) is 45.3 Å². The van der Waals surface area contributed by atoms with Crippen LogP contribution in [0.4, 0.5) is 0 Å². The Kier molecular flexibility index (Phi) is 6.85. The summed E-state index contributed by atoms with van der Waals surface area (Å²) in [5, 5.41) is 1.41. The Labute approximate surface area is 227 Å². The van der Waals surface area contributed by atoms with Crippen LogP contribution in [0.2, 0.25) is 38.3 Å². The Morgan fingerprint density at radius 3 is 2.11 bits per heavy atom. The molecule has 2 aromatic rings. The fraction of sp³-hybridized carbons (Fsp3) is 0.548.